The molecule has 2 aromatic heterocycles. The Labute approximate surface area is 148 Å². The lowest BCUT2D eigenvalue weighted by atomic mass is 10.2. The number of rotatable bonds is 5. The van der Waals surface area contributed by atoms with Gasteiger partial charge in [-0.25, -0.2) is 4.98 Å². The number of pyridine rings is 2. The van der Waals surface area contributed by atoms with E-state index in [1.54, 1.807) is 24.7 Å². The first-order chi connectivity index (χ1) is 11.7. The molecule has 0 saturated heterocycles. The monoisotopic (exact) mass is 382 g/mol. The third-order valence-electron chi connectivity index (χ3n) is 3.30. The molecule has 24 heavy (non-hydrogen) atoms. The second-order valence-electron chi connectivity index (χ2n) is 5.11. The van der Waals surface area contributed by atoms with Crippen LogP contribution in [-0.4, -0.2) is 15.9 Å². The van der Waals surface area contributed by atoms with Gasteiger partial charge in [0.25, 0.3) is 5.91 Å². The highest BCUT2D eigenvalue weighted by Gasteiger charge is 2.07. The summed E-state index contributed by atoms with van der Waals surface area (Å²) in [4.78, 5) is 20.5. The normalized spacial score (nSPS) is 10.2. The molecule has 0 atom stereocenters. The van der Waals surface area contributed by atoms with Crippen LogP contribution in [0.3, 0.4) is 0 Å². The van der Waals surface area contributed by atoms with Gasteiger partial charge in [-0.3, -0.25) is 9.78 Å². The van der Waals surface area contributed by atoms with Gasteiger partial charge in [0, 0.05) is 29.1 Å². The molecule has 2 heterocycles. The number of hydrogen-bond donors (Lipinski definition) is 2. The number of benzene rings is 1. The smallest absolute Gasteiger partial charge is 0.274 e. The molecule has 0 aliphatic rings. The third kappa shape index (κ3) is 4.39. The Morgan fingerprint density at radius 2 is 1.96 bits per heavy atom. The Hall–Kier alpha value is -2.73. The van der Waals surface area contributed by atoms with Crippen molar-refractivity contribution >= 4 is 33.2 Å². The Morgan fingerprint density at radius 3 is 2.67 bits per heavy atom. The SMILES string of the molecule is O=C(Nc1cccc(Br)c1)c1ccc(NCc2cccnc2)cn1. The second-order valence-corrected chi connectivity index (χ2v) is 6.03. The standard InChI is InChI=1S/C18H15BrN4O/c19-14-4-1-5-15(9-14)23-18(24)17-7-6-16(12-22-17)21-11-13-3-2-8-20-10-13/h1-10,12,21H,11H2,(H,23,24). The van der Waals surface area contributed by atoms with Crippen LogP contribution in [0.4, 0.5) is 11.4 Å². The molecular weight excluding hydrogens is 368 g/mol. The molecule has 0 aliphatic heterocycles. The molecule has 3 aromatic rings. The third-order valence-corrected chi connectivity index (χ3v) is 3.79. The number of aromatic nitrogens is 2. The quantitative estimate of drug-likeness (QED) is 0.696. The molecule has 120 valence electrons. The molecule has 0 bridgehead atoms. The van der Waals surface area contributed by atoms with Crippen molar-refractivity contribution in [3.8, 4) is 0 Å². The fourth-order valence-electron chi connectivity index (χ4n) is 2.10. The first-order valence-corrected chi connectivity index (χ1v) is 8.16. The van der Waals surface area contributed by atoms with E-state index < -0.39 is 0 Å². The highest BCUT2D eigenvalue weighted by Crippen LogP contribution is 2.16. The van der Waals surface area contributed by atoms with Crippen LogP contribution in [0.2, 0.25) is 0 Å². The van der Waals surface area contributed by atoms with Crippen molar-refractivity contribution in [1.29, 1.82) is 0 Å². The van der Waals surface area contributed by atoms with Crippen molar-refractivity contribution in [3.63, 3.8) is 0 Å². The van der Waals surface area contributed by atoms with Gasteiger partial charge in [-0.1, -0.05) is 28.1 Å². The van der Waals surface area contributed by atoms with Crippen molar-refractivity contribution < 1.29 is 4.79 Å². The molecule has 0 radical (unpaired) electrons. The zero-order valence-corrected chi connectivity index (χ0v) is 14.3. The number of amides is 1. The lowest BCUT2D eigenvalue weighted by molar-refractivity contribution is 0.102. The molecule has 6 heteroatoms. The van der Waals surface area contributed by atoms with Crippen LogP contribution in [0.15, 0.2) is 71.6 Å². The summed E-state index contributed by atoms with van der Waals surface area (Å²) in [6.45, 7) is 0.652. The minimum absolute atomic E-state index is 0.244. The molecule has 0 spiro atoms. The highest BCUT2D eigenvalue weighted by molar-refractivity contribution is 9.10. The van der Waals surface area contributed by atoms with Crippen LogP contribution in [0.25, 0.3) is 0 Å². The minimum atomic E-state index is -0.244. The van der Waals surface area contributed by atoms with E-state index in [1.165, 1.54) is 0 Å². The van der Waals surface area contributed by atoms with E-state index in [-0.39, 0.29) is 5.91 Å². The molecule has 3 rings (SSSR count). The van der Waals surface area contributed by atoms with E-state index in [1.807, 2.05) is 42.5 Å². The Balaban J connectivity index is 1.60. The Bertz CT molecular complexity index is 822. The number of nitrogens with one attached hydrogen (secondary N) is 2. The number of carbonyl (C=O) groups excluding carboxylic acids is 1. The predicted molar refractivity (Wildman–Crippen MR) is 97.9 cm³/mol. The summed E-state index contributed by atoms with van der Waals surface area (Å²) >= 11 is 3.37. The van der Waals surface area contributed by atoms with Crippen LogP contribution in [0, 0.1) is 0 Å². The number of nitrogens with zero attached hydrogens (tertiary/aromatic N) is 2. The van der Waals surface area contributed by atoms with Crippen molar-refractivity contribution in [2.45, 2.75) is 6.54 Å². The second kappa shape index (κ2) is 7.70. The van der Waals surface area contributed by atoms with E-state index >= 15 is 0 Å². The number of halogens is 1. The number of carbonyl (C=O) groups is 1. The van der Waals surface area contributed by atoms with E-state index in [0.717, 1.165) is 21.4 Å². The summed E-state index contributed by atoms with van der Waals surface area (Å²) in [5.74, 6) is -0.244. The largest absolute Gasteiger partial charge is 0.380 e. The van der Waals surface area contributed by atoms with E-state index in [4.69, 9.17) is 0 Å². The summed E-state index contributed by atoms with van der Waals surface area (Å²) in [7, 11) is 0. The summed E-state index contributed by atoms with van der Waals surface area (Å²) in [5.41, 5.74) is 3.00. The lowest BCUT2D eigenvalue weighted by Gasteiger charge is -2.08. The highest BCUT2D eigenvalue weighted by atomic mass is 79.9. The summed E-state index contributed by atoms with van der Waals surface area (Å²) in [6, 6.07) is 14.8. The lowest BCUT2D eigenvalue weighted by Crippen LogP contribution is -2.13. The van der Waals surface area contributed by atoms with Gasteiger partial charge in [0.05, 0.1) is 11.9 Å². The molecular formula is C18H15BrN4O. The van der Waals surface area contributed by atoms with E-state index in [0.29, 0.717) is 12.2 Å². The molecule has 5 nitrogen and oxygen atoms in total. The first kappa shape index (κ1) is 16.1. The topological polar surface area (TPSA) is 66.9 Å². The first-order valence-electron chi connectivity index (χ1n) is 7.36. The van der Waals surface area contributed by atoms with Crippen LogP contribution in [0.5, 0.6) is 0 Å². The average molecular weight is 383 g/mol. The average Bonchev–Trinajstić information content (AvgIpc) is 2.61. The van der Waals surface area contributed by atoms with Crippen LogP contribution in [-0.2, 0) is 6.54 Å². The van der Waals surface area contributed by atoms with Crippen molar-refractivity contribution in [2.75, 3.05) is 10.6 Å². The maximum atomic E-state index is 12.2. The van der Waals surface area contributed by atoms with Crippen molar-refractivity contribution in [3.05, 3.63) is 82.9 Å². The predicted octanol–water partition coefficient (Wildman–Crippen LogP) is 4.10. The zero-order valence-electron chi connectivity index (χ0n) is 12.7. The molecule has 2 N–H and O–H groups in total. The number of hydrogen-bond acceptors (Lipinski definition) is 4. The zero-order chi connectivity index (χ0) is 16.8. The molecule has 1 aromatic carbocycles. The molecule has 0 aliphatic carbocycles. The maximum absolute atomic E-state index is 12.2. The molecule has 1 amide bonds. The summed E-state index contributed by atoms with van der Waals surface area (Å²) < 4.78 is 0.906. The summed E-state index contributed by atoms with van der Waals surface area (Å²) in [6.07, 6.45) is 5.19. The van der Waals surface area contributed by atoms with Gasteiger partial charge >= 0.3 is 0 Å². The number of anilines is 2. The molecule has 0 fully saturated rings. The van der Waals surface area contributed by atoms with Gasteiger partial charge < -0.3 is 10.6 Å². The van der Waals surface area contributed by atoms with Gasteiger partial charge in [0.1, 0.15) is 5.69 Å². The van der Waals surface area contributed by atoms with Gasteiger partial charge in [-0.15, -0.1) is 0 Å². The van der Waals surface area contributed by atoms with Gasteiger partial charge in [0.2, 0.25) is 0 Å². The van der Waals surface area contributed by atoms with Crippen molar-refractivity contribution in [2.24, 2.45) is 0 Å². The van der Waals surface area contributed by atoms with Crippen LogP contribution in [0.1, 0.15) is 16.1 Å². The fraction of sp³-hybridized carbons (Fsp3) is 0.0556. The van der Waals surface area contributed by atoms with E-state index in [9.17, 15) is 4.79 Å². The Morgan fingerprint density at radius 1 is 1.04 bits per heavy atom. The van der Waals surface area contributed by atoms with Gasteiger partial charge in [-0.05, 0) is 42.0 Å². The van der Waals surface area contributed by atoms with Crippen LogP contribution < -0.4 is 10.6 Å². The fourth-order valence-corrected chi connectivity index (χ4v) is 2.50. The molecule has 0 unspecified atom stereocenters. The Kier molecular flexibility index (Phi) is 5.18. The van der Waals surface area contributed by atoms with Gasteiger partial charge in [-0.2, -0.15) is 0 Å². The van der Waals surface area contributed by atoms with Crippen molar-refractivity contribution in [1.82, 2.24) is 9.97 Å². The van der Waals surface area contributed by atoms with Gasteiger partial charge in [0.15, 0.2) is 0 Å². The molecule has 0 saturated carbocycles. The maximum Gasteiger partial charge on any atom is 0.274 e. The van der Waals surface area contributed by atoms with Crippen LogP contribution >= 0.6 is 15.9 Å². The summed E-state index contributed by atoms with van der Waals surface area (Å²) in [5, 5.41) is 6.06. The minimum Gasteiger partial charge on any atom is -0.380 e. The van der Waals surface area contributed by atoms with E-state index in [2.05, 4.69) is 36.5 Å².